The number of hydrogen-bond acceptors (Lipinski definition) is 4. The molecule has 1 N–H and O–H groups in total. The van der Waals surface area contributed by atoms with Crippen molar-refractivity contribution >= 4 is 17.7 Å². The normalized spacial score (nSPS) is 31.9. The Bertz CT molecular complexity index is 529. The third-order valence-corrected chi connectivity index (χ3v) is 5.81. The molecule has 1 aromatic heterocycles. The number of carboxylic acids is 1. The van der Waals surface area contributed by atoms with E-state index in [1.807, 2.05) is 0 Å². The Hall–Kier alpha value is -1.04. The average Bonchev–Trinajstić information content (AvgIpc) is 3.35. The van der Waals surface area contributed by atoms with Gasteiger partial charge in [-0.1, -0.05) is 24.6 Å². The molecule has 0 saturated heterocycles. The Morgan fingerprint density at radius 1 is 1.20 bits per heavy atom. The first-order valence-electron chi connectivity index (χ1n) is 7.55. The van der Waals surface area contributed by atoms with Crippen LogP contribution in [0.3, 0.4) is 0 Å². The van der Waals surface area contributed by atoms with E-state index in [-0.39, 0.29) is 5.75 Å². The molecule has 4 rings (SSSR count). The monoisotopic (exact) mass is 293 g/mol. The first kappa shape index (κ1) is 12.7. The predicted octanol–water partition coefficient (Wildman–Crippen LogP) is 2.69. The summed E-state index contributed by atoms with van der Waals surface area (Å²) >= 11 is 1.31. The van der Waals surface area contributed by atoms with Crippen LogP contribution in [0.1, 0.15) is 56.3 Å². The van der Waals surface area contributed by atoms with Gasteiger partial charge in [-0.25, -0.2) is 0 Å². The van der Waals surface area contributed by atoms with Gasteiger partial charge in [0.15, 0.2) is 5.16 Å². The lowest BCUT2D eigenvalue weighted by atomic mass is 10.0. The van der Waals surface area contributed by atoms with Crippen molar-refractivity contribution in [1.29, 1.82) is 0 Å². The van der Waals surface area contributed by atoms with Gasteiger partial charge in [0.25, 0.3) is 0 Å². The lowest BCUT2D eigenvalue weighted by Gasteiger charge is -2.07. The van der Waals surface area contributed by atoms with Gasteiger partial charge < -0.3 is 9.67 Å². The van der Waals surface area contributed by atoms with E-state index in [0.717, 1.165) is 22.8 Å². The van der Waals surface area contributed by atoms with Crippen molar-refractivity contribution in [2.75, 3.05) is 5.75 Å². The zero-order valence-electron chi connectivity index (χ0n) is 11.4. The van der Waals surface area contributed by atoms with Gasteiger partial charge in [0.2, 0.25) is 0 Å². The van der Waals surface area contributed by atoms with Crippen LogP contribution in [-0.4, -0.2) is 31.6 Å². The molecule has 3 fully saturated rings. The zero-order valence-corrected chi connectivity index (χ0v) is 12.2. The molecule has 2 atom stereocenters. The predicted molar refractivity (Wildman–Crippen MR) is 74.8 cm³/mol. The molecular formula is C14H19N3O2S. The molecule has 3 aliphatic rings. The molecule has 0 amide bonds. The molecule has 0 aromatic carbocycles. The molecule has 1 aromatic rings. The van der Waals surface area contributed by atoms with Gasteiger partial charge in [0.05, 0.1) is 5.75 Å². The van der Waals surface area contributed by atoms with Crippen molar-refractivity contribution in [2.45, 2.75) is 55.6 Å². The molecule has 108 valence electrons. The quantitative estimate of drug-likeness (QED) is 0.845. The van der Waals surface area contributed by atoms with Gasteiger partial charge in [-0.15, -0.1) is 10.2 Å². The summed E-state index contributed by atoms with van der Waals surface area (Å²) in [7, 11) is 0. The van der Waals surface area contributed by atoms with Crippen LogP contribution in [0.4, 0.5) is 0 Å². The minimum Gasteiger partial charge on any atom is -0.481 e. The topological polar surface area (TPSA) is 68.0 Å². The van der Waals surface area contributed by atoms with E-state index in [2.05, 4.69) is 14.8 Å². The summed E-state index contributed by atoms with van der Waals surface area (Å²) < 4.78 is 2.26. The van der Waals surface area contributed by atoms with Crippen molar-refractivity contribution in [1.82, 2.24) is 14.8 Å². The van der Waals surface area contributed by atoms with E-state index in [1.165, 1.54) is 50.3 Å². The highest BCUT2D eigenvalue weighted by Crippen LogP contribution is 2.61. The van der Waals surface area contributed by atoms with E-state index in [1.54, 1.807) is 0 Å². The Labute approximate surface area is 122 Å². The second-order valence-electron chi connectivity index (χ2n) is 6.26. The number of thioether (sulfide) groups is 1. The van der Waals surface area contributed by atoms with Crippen molar-refractivity contribution in [3.8, 4) is 0 Å². The average molecular weight is 293 g/mol. The van der Waals surface area contributed by atoms with Gasteiger partial charge in [-0.3, -0.25) is 4.79 Å². The number of nitrogens with zero attached hydrogens (tertiary/aromatic N) is 3. The molecule has 0 radical (unpaired) electrons. The molecule has 5 nitrogen and oxygen atoms in total. The molecule has 0 spiro atoms. The SMILES string of the molecule is O=C(O)CSc1nnc(C2C3CCCCC32)n1C1CC1. The first-order valence-corrected chi connectivity index (χ1v) is 8.53. The number of rotatable bonds is 5. The minimum atomic E-state index is -0.790. The number of aromatic nitrogens is 3. The number of aliphatic carboxylic acids is 1. The number of carbonyl (C=O) groups is 1. The fraction of sp³-hybridized carbons (Fsp3) is 0.786. The summed E-state index contributed by atoms with van der Waals surface area (Å²) in [4.78, 5) is 10.7. The Balaban J connectivity index is 1.58. The fourth-order valence-electron chi connectivity index (χ4n) is 3.79. The Kier molecular flexibility index (Phi) is 3.02. The van der Waals surface area contributed by atoms with E-state index in [9.17, 15) is 4.79 Å². The van der Waals surface area contributed by atoms with Crippen LogP contribution in [0.5, 0.6) is 0 Å². The van der Waals surface area contributed by atoms with E-state index >= 15 is 0 Å². The molecule has 1 heterocycles. The summed E-state index contributed by atoms with van der Waals surface area (Å²) in [5.74, 6) is 2.68. The maximum atomic E-state index is 10.7. The van der Waals surface area contributed by atoms with E-state index in [4.69, 9.17) is 5.11 Å². The van der Waals surface area contributed by atoms with Crippen LogP contribution in [-0.2, 0) is 4.79 Å². The molecule has 6 heteroatoms. The largest absolute Gasteiger partial charge is 0.481 e. The number of hydrogen-bond donors (Lipinski definition) is 1. The van der Waals surface area contributed by atoms with Crippen LogP contribution in [0.2, 0.25) is 0 Å². The van der Waals surface area contributed by atoms with Gasteiger partial charge in [0.1, 0.15) is 5.82 Å². The van der Waals surface area contributed by atoms with Crippen LogP contribution < -0.4 is 0 Å². The lowest BCUT2D eigenvalue weighted by molar-refractivity contribution is -0.133. The standard InChI is InChI=1S/C14H19N3O2S/c18-11(19)7-20-14-16-15-13(17(14)8-5-6-8)12-9-3-1-2-4-10(9)12/h8-10,12H,1-7H2,(H,18,19). The highest BCUT2D eigenvalue weighted by Gasteiger charge is 2.54. The third kappa shape index (κ3) is 2.14. The van der Waals surface area contributed by atoms with Crippen LogP contribution >= 0.6 is 11.8 Å². The molecule has 0 aliphatic heterocycles. The lowest BCUT2D eigenvalue weighted by Crippen LogP contribution is -2.05. The summed E-state index contributed by atoms with van der Waals surface area (Å²) in [5, 5.41) is 18.4. The summed E-state index contributed by atoms with van der Waals surface area (Å²) in [6.07, 6.45) is 7.77. The van der Waals surface area contributed by atoms with Gasteiger partial charge in [0, 0.05) is 12.0 Å². The van der Waals surface area contributed by atoms with Gasteiger partial charge >= 0.3 is 5.97 Å². The number of fused-ring (bicyclic) bond motifs is 1. The molecule has 20 heavy (non-hydrogen) atoms. The molecule has 3 aliphatic carbocycles. The minimum absolute atomic E-state index is 0.0718. The Morgan fingerprint density at radius 2 is 1.90 bits per heavy atom. The van der Waals surface area contributed by atoms with Crippen LogP contribution in [0.15, 0.2) is 5.16 Å². The summed E-state index contributed by atoms with van der Waals surface area (Å²) in [5.41, 5.74) is 0. The summed E-state index contributed by atoms with van der Waals surface area (Å²) in [6, 6.07) is 0.527. The molecular weight excluding hydrogens is 274 g/mol. The zero-order chi connectivity index (χ0) is 13.7. The summed E-state index contributed by atoms with van der Waals surface area (Å²) in [6.45, 7) is 0. The molecule has 2 unspecified atom stereocenters. The van der Waals surface area contributed by atoms with Crippen molar-refractivity contribution in [3.05, 3.63) is 5.82 Å². The van der Waals surface area contributed by atoms with Crippen LogP contribution in [0.25, 0.3) is 0 Å². The van der Waals surface area contributed by atoms with E-state index < -0.39 is 5.97 Å². The van der Waals surface area contributed by atoms with Crippen molar-refractivity contribution < 1.29 is 9.90 Å². The van der Waals surface area contributed by atoms with Crippen molar-refractivity contribution in [2.24, 2.45) is 11.8 Å². The molecule has 3 saturated carbocycles. The first-order chi connectivity index (χ1) is 9.75. The van der Waals surface area contributed by atoms with Crippen LogP contribution in [0, 0.1) is 11.8 Å². The maximum absolute atomic E-state index is 10.7. The third-order valence-electron chi connectivity index (χ3n) is 4.88. The van der Waals surface area contributed by atoms with Gasteiger partial charge in [-0.2, -0.15) is 0 Å². The van der Waals surface area contributed by atoms with Crippen molar-refractivity contribution in [3.63, 3.8) is 0 Å². The number of carboxylic acid groups (broad SMARTS) is 1. The highest BCUT2D eigenvalue weighted by atomic mass is 32.2. The maximum Gasteiger partial charge on any atom is 0.313 e. The second-order valence-corrected chi connectivity index (χ2v) is 7.20. The molecule has 0 bridgehead atoms. The Morgan fingerprint density at radius 3 is 2.50 bits per heavy atom. The van der Waals surface area contributed by atoms with E-state index in [0.29, 0.717) is 12.0 Å². The fourth-order valence-corrected chi connectivity index (χ4v) is 4.52. The second kappa shape index (κ2) is 4.76. The van der Waals surface area contributed by atoms with Gasteiger partial charge in [-0.05, 0) is 37.5 Å². The smallest absolute Gasteiger partial charge is 0.313 e. The highest BCUT2D eigenvalue weighted by molar-refractivity contribution is 7.99.